The number of carbonyl (C=O) groups is 1. The molecule has 1 aromatic heterocycles. The Hall–Kier alpha value is -2.11. The average molecular weight is 291 g/mol. The van der Waals surface area contributed by atoms with Crippen molar-refractivity contribution in [2.24, 2.45) is 5.73 Å². The van der Waals surface area contributed by atoms with Crippen LogP contribution in [0.25, 0.3) is 0 Å². The Morgan fingerprint density at radius 2 is 2.10 bits per heavy atom. The molecule has 20 heavy (non-hydrogen) atoms. The van der Waals surface area contributed by atoms with Crippen LogP contribution in [0.2, 0.25) is 5.02 Å². The van der Waals surface area contributed by atoms with Crippen LogP contribution in [0.1, 0.15) is 18.5 Å². The number of benzene rings is 1. The van der Waals surface area contributed by atoms with E-state index in [1.807, 2.05) is 25.1 Å². The van der Waals surface area contributed by atoms with E-state index in [0.717, 1.165) is 5.56 Å². The van der Waals surface area contributed by atoms with E-state index in [2.05, 4.69) is 15.6 Å². The minimum Gasteiger partial charge on any atom is -0.324 e. The van der Waals surface area contributed by atoms with Gasteiger partial charge in [-0.2, -0.15) is 0 Å². The summed E-state index contributed by atoms with van der Waals surface area (Å²) in [6.45, 7) is 1.88. The van der Waals surface area contributed by atoms with Crippen LogP contribution in [0, 0.1) is 0 Å². The fraction of sp³-hybridized carbons (Fsp3) is 0.143. The Morgan fingerprint density at radius 3 is 2.80 bits per heavy atom. The topological polar surface area (TPSA) is 80.0 Å². The molecule has 0 aliphatic carbocycles. The second-order valence-corrected chi connectivity index (χ2v) is 4.73. The summed E-state index contributed by atoms with van der Waals surface area (Å²) in [4.78, 5) is 15.8. The Kier molecular flexibility index (Phi) is 4.55. The molecule has 0 saturated carbocycles. The molecule has 6 heteroatoms. The predicted molar refractivity (Wildman–Crippen MR) is 80.9 cm³/mol. The SMILES string of the molecule is CC(N)c1cccc(NC(=O)Nc2ncccc2Cl)c1. The molecular weight excluding hydrogens is 276 g/mol. The highest BCUT2D eigenvalue weighted by atomic mass is 35.5. The highest BCUT2D eigenvalue weighted by molar-refractivity contribution is 6.33. The molecule has 0 saturated heterocycles. The highest BCUT2D eigenvalue weighted by Gasteiger charge is 2.07. The molecule has 2 amide bonds. The number of rotatable bonds is 3. The number of aromatic nitrogens is 1. The van der Waals surface area contributed by atoms with E-state index in [1.54, 1.807) is 24.4 Å². The van der Waals surface area contributed by atoms with E-state index < -0.39 is 6.03 Å². The molecule has 5 nitrogen and oxygen atoms in total. The lowest BCUT2D eigenvalue weighted by molar-refractivity contribution is 0.262. The minimum absolute atomic E-state index is 0.0926. The molecule has 0 fully saturated rings. The van der Waals surface area contributed by atoms with Gasteiger partial charge < -0.3 is 11.1 Å². The smallest absolute Gasteiger partial charge is 0.324 e. The van der Waals surface area contributed by atoms with Gasteiger partial charge in [0.15, 0.2) is 5.82 Å². The zero-order valence-electron chi connectivity index (χ0n) is 10.9. The summed E-state index contributed by atoms with van der Waals surface area (Å²) in [5, 5.41) is 5.67. The van der Waals surface area contributed by atoms with Crippen molar-refractivity contribution in [2.75, 3.05) is 10.6 Å². The number of hydrogen-bond acceptors (Lipinski definition) is 3. The third-order valence-electron chi connectivity index (χ3n) is 2.66. The van der Waals surface area contributed by atoms with E-state index in [-0.39, 0.29) is 6.04 Å². The van der Waals surface area contributed by atoms with Crippen LogP contribution in [-0.2, 0) is 0 Å². The normalized spacial score (nSPS) is 11.8. The van der Waals surface area contributed by atoms with Crippen molar-refractivity contribution in [3.8, 4) is 0 Å². The first-order chi connectivity index (χ1) is 9.56. The maximum absolute atomic E-state index is 11.9. The van der Waals surface area contributed by atoms with Gasteiger partial charge in [-0.1, -0.05) is 23.7 Å². The van der Waals surface area contributed by atoms with E-state index in [0.29, 0.717) is 16.5 Å². The average Bonchev–Trinajstić information content (AvgIpc) is 2.41. The van der Waals surface area contributed by atoms with Gasteiger partial charge in [0.1, 0.15) is 0 Å². The third-order valence-corrected chi connectivity index (χ3v) is 2.97. The van der Waals surface area contributed by atoms with Gasteiger partial charge in [0.05, 0.1) is 5.02 Å². The van der Waals surface area contributed by atoms with Crippen molar-refractivity contribution in [3.63, 3.8) is 0 Å². The largest absolute Gasteiger partial charge is 0.324 e. The Balaban J connectivity index is 2.05. The fourth-order valence-electron chi connectivity index (χ4n) is 1.65. The van der Waals surface area contributed by atoms with Gasteiger partial charge in [-0.05, 0) is 36.8 Å². The van der Waals surface area contributed by atoms with Crippen LogP contribution in [0.5, 0.6) is 0 Å². The first-order valence-corrected chi connectivity index (χ1v) is 6.48. The second-order valence-electron chi connectivity index (χ2n) is 4.33. The van der Waals surface area contributed by atoms with Gasteiger partial charge in [-0.25, -0.2) is 9.78 Å². The minimum atomic E-state index is -0.410. The zero-order valence-corrected chi connectivity index (χ0v) is 11.7. The van der Waals surface area contributed by atoms with Crippen LogP contribution >= 0.6 is 11.6 Å². The number of halogens is 1. The lowest BCUT2D eigenvalue weighted by Gasteiger charge is -2.10. The molecule has 0 aliphatic rings. The summed E-state index contributed by atoms with van der Waals surface area (Å²) in [5.74, 6) is 0.315. The fourth-order valence-corrected chi connectivity index (χ4v) is 1.82. The molecule has 2 rings (SSSR count). The number of amides is 2. The molecular formula is C14H15ClN4O. The van der Waals surface area contributed by atoms with Crippen LogP contribution in [-0.4, -0.2) is 11.0 Å². The number of nitrogens with two attached hydrogens (primary N) is 1. The van der Waals surface area contributed by atoms with Crippen molar-refractivity contribution in [1.29, 1.82) is 0 Å². The molecule has 4 N–H and O–H groups in total. The first-order valence-electron chi connectivity index (χ1n) is 6.10. The van der Waals surface area contributed by atoms with Crippen LogP contribution < -0.4 is 16.4 Å². The molecule has 0 spiro atoms. The van der Waals surface area contributed by atoms with E-state index >= 15 is 0 Å². The van der Waals surface area contributed by atoms with Gasteiger partial charge in [0.2, 0.25) is 0 Å². The summed E-state index contributed by atoms with van der Waals surface area (Å²) in [7, 11) is 0. The number of nitrogens with one attached hydrogen (secondary N) is 2. The molecule has 0 radical (unpaired) electrons. The van der Waals surface area contributed by atoms with Gasteiger partial charge in [0, 0.05) is 17.9 Å². The summed E-state index contributed by atoms with van der Waals surface area (Å²) in [6.07, 6.45) is 1.55. The van der Waals surface area contributed by atoms with Crippen molar-refractivity contribution in [1.82, 2.24) is 4.98 Å². The monoisotopic (exact) mass is 290 g/mol. The molecule has 1 atom stereocenters. The van der Waals surface area contributed by atoms with Crippen molar-refractivity contribution in [2.45, 2.75) is 13.0 Å². The number of nitrogens with zero attached hydrogens (tertiary/aromatic N) is 1. The van der Waals surface area contributed by atoms with Gasteiger partial charge >= 0.3 is 6.03 Å². The number of anilines is 2. The summed E-state index contributed by atoms with van der Waals surface area (Å²) in [6, 6.07) is 10.2. The predicted octanol–water partition coefficient (Wildman–Crippen LogP) is 3.40. The van der Waals surface area contributed by atoms with Crippen LogP contribution in [0.4, 0.5) is 16.3 Å². The van der Waals surface area contributed by atoms with Crippen molar-refractivity contribution in [3.05, 3.63) is 53.2 Å². The maximum Gasteiger partial charge on any atom is 0.324 e. The van der Waals surface area contributed by atoms with Gasteiger partial charge in [-0.15, -0.1) is 0 Å². The number of carbonyl (C=O) groups excluding carboxylic acids is 1. The van der Waals surface area contributed by atoms with E-state index in [4.69, 9.17) is 17.3 Å². The number of urea groups is 1. The van der Waals surface area contributed by atoms with Crippen molar-refractivity contribution >= 4 is 29.1 Å². The maximum atomic E-state index is 11.9. The van der Waals surface area contributed by atoms with Crippen molar-refractivity contribution < 1.29 is 4.79 Å². The van der Waals surface area contributed by atoms with Gasteiger partial charge in [0.25, 0.3) is 0 Å². The molecule has 0 aliphatic heterocycles. The Bertz CT molecular complexity index is 616. The van der Waals surface area contributed by atoms with Crippen LogP contribution in [0.15, 0.2) is 42.6 Å². The number of pyridine rings is 1. The molecule has 104 valence electrons. The first kappa shape index (κ1) is 14.3. The molecule has 1 heterocycles. The quantitative estimate of drug-likeness (QED) is 0.810. The summed E-state index contributed by atoms with van der Waals surface area (Å²) < 4.78 is 0. The summed E-state index contributed by atoms with van der Waals surface area (Å²) >= 11 is 5.92. The second kappa shape index (κ2) is 6.36. The third kappa shape index (κ3) is 3.69. The molecule has 1 aromatic carbocycles. The molecule has 2 aromatic rings. The summed E-state index contributed by atoms with van der Waals surface area (Å²) in [5.41, 5.74) is 7.40. The van der Waals surface area contributed by atoms with Crippen LogP contribution in [0.3, 0.4) is 0 Å². The van der Waals surface area contributed by atoms with E-state index in [9.17, 15) is 4.79 Å². The zero-order chi connectivity index (χ0) is 14.5. The lowest BCUT2D eigenvalue weighted by atomic mass is 10.1. The Labute approximate surface area is 122 Å². The van der Waals surface area contributed by atoms with Gasteiger partial charge in [-0.3, -0.25) is 5.32 Å². The molecule has 1 unspecified atom stereocenters. The number of hydrogen-bond donors (Lipinski definition) is 3. The molecule has 0 bridgehead atoms. The standard InChI is InChI=1S/C14H15ClN4O/c1-9(16)10-4-2-5-11(8-10)18-14(20)19-13-12(15)6-3-7-17-13/h2-9H,16H2,1H3,(H2,17,18,19,20). The highest BCUT2D eigenvalue weighted by Crippen LogP contribution is 2.19. The van der Waals surface area contributed by atoms with E-state index in [1.165, 1.54) is 0 Å². The lowest BCUT2D eigenvalue weighted by Crippen LogP contribution is -2.20. The Morgan fingerprint density at radius 1 is 1.30 bits per heavy atom.